The minimum absolute atomic E-state index is 0.657. The number of thiazole rings is 1. The van der Waals surface area contributed by atoms with Crippen LogP contribution in [0.3, 0.4) is 0 Å². The minimum Gasteiger partial charge on any atom is -0.358 e. The van der Waals surface area contributed by atoms with E-state index in [2.05, 4.69) is 32.2 Å². The Morgan fingerprint density at radius 1 is 1.19 bits per heavy atom. The summed E-state index contributed by atoms with van der Waals surface area (Å²) >= 11 is 7.64. The molecule has 5 nitrogen and oxygen atoms in total. The van der Waals surface area contributed by atoms with Crippen LogP contribution in [0.2, 0.25) is 5.02 Å². The molecule has 3 aromatic rings. The number of fused-ring (bicyclic) bond motifs is 1. The molecule has 0 aliphatic heterocycles. The van der Waals surface area contributed by atoms with Crippen molar-refractivity contribution >= 4 is 49.9 Å². The van der Waals surface area contributed by atoms with Crippen LogP contribution in [0, 0.1) is 6.92 Å². The summed E-state index contributed by atoms with van der Waals surface area (Å²) in [5.74, 6) is 0.715. The standard InChI is InChI=1S/C19H18ClN5S/c1-3-4-5-6-7-8-21-19-25-18-16(26-19)17(22-12-23-18)24-15-10-13(2)9-14(20)11-15/h3-7,9-12H,1,8H2,2H3,(H2,21,22,23,24,25)/b5-4-,7-6-. The fraction of sp³-hybridized carbons (Fsp3) is 0.105. The molecule has 0 atom stereocenters. The Morgan fingerprint density at radius 3 is 2.88 bits per heavy atom. The number of hydrogen-bond acceptors (Lipinski definition) is 6. The van der Waals surface area contributed by atoms with E-state index in [4.69, 9.17) is 11.6 Å². The first-order chi connectivity index (χ1) is 12.7. The van der Waals surface area contributed by atoms with Gasteiger partial charge in [0.2, 0.25) is 0 Å². The number of nitrogens with one attached hydrogen (secondary N) is 2. The third kappa shape index (κ3) is 4.68. The monoisotopic (exact) mass is 383 g/mol. The molecule has 1 aromatic carbocycles. The summed E-state index contributed by atoms with van der Waals surface area (Å²) in [7, 11) is 0. The molecule has 0 saturated heterocycles. The van der Waals surface area contributed by atoms with Crippen molar-refractivity contribution in [1.29, 1.82) is 0 Å². The third-order valence-corrected chi connectivity index (χ3v) is 4.59. The number of rotatable bonds is 7. The molecule has 0 aliphatic rings. The molecule has 0 amide bonds. The van der Waals surface area contributed by atoms with Crippen molar-refractivity contribution in [3.05, 3.63) is 72.1 Å². The fourth-order valence-electron chi connectivity index (χ4n) is 2.30. The lowest BCUT2D eigenvalue weighted by Crippen LogP contribution is -1.96. The first kappa shape index (κ1) is 18.1. The Labute approximate surface area is 161 Å². The van der Waals surface area contributed by atoms with E-state index in [0.29, 0.717) is 23.0 Å². The maximum atomic E-state index is 6.13. The van der Waals surface area contributed by atoms with Crippen molar-refractivity contribution < 1.29 is 0 Å². The van der Waals surface area contributed by atoms with Crippen molar-refractivity contribution in [2.75, 3.05) is 17.2 Å². The second kappa shape index (κ2) is 8.60. The van der Waals surface area contributed by atoms with Gasteiger partial charge in [0.15, 0.2) is 16.6 Å². The quantitative estimate of drug-likeness (QED) is 0.527. The molecule has 0 unspecified atom stereocenters. The molecule has 26 heavy (non-hydrogen) atoms. The minimum atomic E-state index is 0.657. The van der Waals surface area contributed by atoms with Gasteiger partial charge in [-0.25, -0.2) is 9.97 Å². The van der Waals surface area contributed by atoms with Gasteiger partial charge in [0.05, 0.1) is 0 Å². The second-order valence-electron chi connectivity index (χ2n) is 5.47. The van der Waals surface area contributed by atoms with Gasteiger partial charge < -0.3 is 10.6 Å². The number of hydrogen-bond donors (Lipinski definition) is 2. The highest BCUT2D eigenvalue weighted by atomic mass is 35.5. The van der Waals surface area contributed by atoms with Crippen LogP contribution in [-0.2, 0) is 0 Å². The van der Waals surface area contributed by atoms with E-state index < -0.39 is 0 Å². The van der Waals surface area contributed by atoms with Gasteiger partial charge in [-0.1, -0.05) is 59.9 Å². The Morgan fingerprint density at radius 2 is 2.08 bits per heavy atom. The van der Waals surface area contributed by atoms with Crippen LogP contribution in [-0.4, -0.2) is 21.5 Å². The van der Waals surface area contributed by atoms with E-state index >= 15 is 0 Å². The van der Waals surface area contributed by atoms with Crippen molar-refractivity contribution in [2.45, 2.75) is 6.92 Å². The summed E-state index contributed by atoms with van der Waals surface area (Å²) < 4.78 is 0.892. The molecule has 2 heterocycles. The summed E-state index contributed by atoms with van der Waals surface area (Å²) in [6.45, 7) is 6.30. The van der Waals surface area contributed by atoms with Crippen LogP contribution in [0.1, 0.15) is 5.56 Å². The number of benzene rings is 1. The lowest BCUT2D eigenvalue weighted by molar-refractivity contribution is 1.19. The summed E-state index contributed by atoms with van der Waals surface area (Å²) in [5.41, 5.74) is 2.62. The van der Waals surface area contributed by atoms with Gasteiger partial charge in [0, 0.05) is 17.3 Å². The van der Waals surface area contributed by atoms with Crippen LogP contribution in [0.15, 0.2) is 61.5 Å². The Balaban J connectivity index is 1.77. The molecule has 0 radical (unpaired) electrons. The van der Waals surface area contributed by atoms with Gasteiger partial charge in [-0.3, -0.25) is 0 Å². The maximum Gasteiger partial charge on any atom is 0.185 e. The van der Waals surface area contributed by atoms with Crippen molar-refractivity contribution in [2.24, 2.45) is 0 Å². The molecule has 7 heteroatoms. The first-order valence-corrected chi connectivity index (χ1v) is 9.19. The molecule has 0 bridgehead atoms. The van der Waals surface area contributed by atoms with Gasteiger partial charge in [-0.2, -0.15) is 4.98 Å². The van der Waals surface area contributed by atoms with Gasteiger partial charge in [-0.15, -0.1) is 0 Å². The first-order valence-electron chi connectivity index (χ1n) is 7.99. The van der Waals surface area contributed by atoms with E-state index in [-0.39, 0.29) is 0 Å². The van der Waals surface area contributed by atoms with Gasteiger partial charge >= 0.3 is 0 Å². The van der Waals surface area contributed by atoms with Crippen LogP contribution >= 0.6 is 22.9 Å². The Hall–Kier alpha value is -2.70. The largest absolute Gasteiger partial charge is 0.358 e. The van der Waals surface area contributed by atoms with Crippen molar-refractivity contribution in [3.63, 3.8) is 0 Å². The molecule has 0 aliphatic carbocycles. The molecule has 3 rings (SSSR count). The van der Waals surface area contributed by atoms with E-state index in [1.54, 1.807) is 6.08 Å². The average Bonchev–Trinajstić information content (AvgIpc) is 3.01. The number of nitrogens with zero attached hydrogens (tertiary/aromatic N) is 3. The van der Waals surface area contributed by atoms with Crippen LogP contribution in [0.5, 0.6) is 0 Å². The molecular formula is C19H18ClN5S. The van der Waals surface area contributed by atoms with Gasteiger partial charge in [0.1, 0.15) is 11.0 Å². The smallest absolute Gasteiger partial charge is 0.185 e. The summed E-state index contributed by atoms with van der Waals surface area (Å²) in [4.78, 5) is 13.1. The molecule has 2 aromatic heterocycles. The Bertz CT molecular complexity index is 957. The zero-order valence-electron chi connectivity index (χ0n) is 14.2. The SMILES string of the molecule is C=C/C=C\C=C/CNc1nc2ncnc(Nc3cc(C)cc(Cl)c3)c2s1. The highest BCUT2D eigenvalue weighted by molar-refractivity contribution is 7.22. The number of aryl methyl sites for hydroxylation is 1. The Kier molecular flexibility index (Phi) is 5.99. The van der Waals surface area contributed by atoms with Gasteiger partial charge in [0.25, 0.3) is 0 Å². The molecule has 0 fully saturated rings. The maximum absolute atomic E-state index is 6.13. The van der Waals surface area contributed by atoms with Crippen molar-refractivity contribution in [3.8, 4) is 0 Å². The van der Waals surface area contributed by atoms with Crippen molar-refractivity contribution in [1.82, 2.24) is 15.0 Å². The highest BCUT2D eigenvalue weighted by Crippen LogP contribution is 2.31. The van der Waals surface area contributed by atoms with Crippen LogP contribution in [0.25, 0.3) is 10.3 Å². The van der Waals surface area contributed by atoms with E-state index in [1.807, 2.05) is 49.4 Å². The highest BCUT2D eigenvalue weighted by Gasteiger charge is 2.11. The number of anilines is 3. The number of halogens is 1. The molecule has 0 spiro atoms. The lowest BCUT2D eigenvalue weighted by Gasteiger charge is -2.07. The van der Waals surface area contributed by atoms with Crippen LogP contribution < -0.4 is 10.6 Å². The predicted octanol–water partition coefficient (Wildman–Crippen LogP) is 5.50. The zero-order valence-corrected chi connectivity index (χ0v) is 15.8. The predicted molar refractivity (Wildman–Crippen MR) is 112 cm³/mol. The van der Waals surface area contributed by atoms with E-state index in [9.17, 15) is 0 Å². The average molecular weight is 384 g/mol. The topological polar surface area (TPSA) is 62.7 Å². The normalized spacial score (nSPS) is 11.5. The summed E-state index contributed by atoms with van der Waals surface area (Å²) in [6.07, 6.45) is 11.0. The van der Waals surface area contributed by atoms with Gasteiger partial charge in [-0.05, 0) is 30.7 Å². The lowest BCUT2D eigenvalue weighted by atomic mass is 10.2. The number of allylic oxidation sites excluding steroid dienone is 4. The molecular weight excluding hydrogens is 366 g/mol. The number of aromatic nitrogens is 3. The second-order valence-corrected chi connectivity index (χ2v) is 6.90. The summed E-state index contributed by atoms with van der Waals surface area (Å²) in [6, 6.07) is 5.79. The van der Waals surface area contributed by atoms with E-state index in [1.165, 1.54) is 17.7 Å². The third-order valence-electron chi connectivity index (χ3n) is 3.36. The van der Waals surface area contributed by atoms with Crippen LogP contribution in [0.4, 0.5) is 16.6 Å². The van der Waals surface area contributed by atoms with E-state index in [0.717, 1.165) is 21.1 Å². The molecule has 132 valence electrons. The molecule has 0 saturated carbocycles. The fourth-order valence-corrected chi connectivity index (χ4v) is 3.46. The molecule has 2 N–H and O–H groups in total. The summed E-state index contributed by atoms with van der Waals surface area (Å²) in [5, 5.41) is 8.05. The zero-order chi connectivity index (χ0) is 18.4.